The summed E-state index contributed by atoms with van der Waals surface area (Å²) in [5.74, 6) is -0.226. The second-order valence-corrected chi connectivity index (χ2v) is 5.27. The zero-order valence-electron chi connectivity index (χ0n) is 11.5. The summed E-state index contributed by atoms with van der Waals surface area (Å²) in [6.07, 6.45) is 0.271. The van der Waals surface area contributed by atoms with Gasteiger partial charge in [-0.05, 0) is 19.1 Å². The minimum Gasteiger partial charge on any atom is -0.379 e. The molecule has 2 aliphatic rings. The van der Waals surface area contributed by atoms with Crippen LogP contribution < -0.4 is 4.90 Å². The first-order valence-corrected chi connectivity index (χ1v) is 6.92. The molecular formula is C15H18N2O3. The quantitative estimate of drug-likeness (QED) is 0.754. The zero-order valence-corrected chi connectivity index (χ0v) is 11.5. The Hall–Kier alpha value is -1.72. The van der Waals surface area contributed by atoms with Crippen molar-refractivity contribution in [1.29, 1.82) is 0 Å². The molecule has 1 aromatic carbocycles. The van der Waals surface area contributed by atoms with Crippen LogP contribution in [-0.2, 0) is 14.3 Å². The molecule has 106 valence electrons. The molecule has 1 unspecified atom stereocenters. The molecule has 1 aromatic rings. The van der Waals surface area contributed by atoms with Crippen molar-refractivity contribution in [3.8, 4) is 0 Å². The minimum atomic E-state index is -0.326. The first kappa shape index (κ1) is 13.3. The highest BCUT2D eigenvalue weighted by atomic mass is 16.5. The Morgan fingerprint density at radius 3 is 2.40 bits per heavy atom. The van der Waals surface area contributed by atoms with E-state index in [0.29, 0.717) is 32.0 Å². The first-order chi connectivity index (χ1) is 9.66. The molecule has 0 radical (unpaired) electrons. The van der Waals surface area contributed by atoms with Crippen LogP contribution in [0.2, 0.25) is 0 Å². The van der Waals surface area contributed by atoms with E-state index in [1.165, 1.54) is 4.90 Å². The van der Waals surface area contributed by atoms with Gasteiger partial charge in [-0.15, -0.1) is 0 Å². The van der Waals surface area contributed by atoms with Crippen molar-refractivity contribution in [2.75, 3.05) is 31.2 Å². The van der Waals surface area contributed by atoms with Gasteiger partial charge in [-0.25, -0.2) is 4.90 Å². The number of carbonyl (C=O) groups excluding carboxylic acids is 2. The highest BCUT2D eigenvalue weighted by molar-refractivity contribution is 6.22. The Morgan fingerprint density at radius 1 is 1.10 bits per heavy atom. The first-order valence-electron chi connectivity index (χ1n) is 6.92. The van der Waals surface area contributed by atoms with Crippen LogP contribution >= 0.6 is 0 Å². The van der Waals surface area contributed by atoms with Crippen molar-refractivity contribution >= 4 is 17.5 Å². The van der Waals surface area contributed by atoms with Gasteiger partial charge in [0, 0.05) is 13.1 Å². The average Bonchev–Trinajstić information content (AvgIpc) is 2.76. The lowest BCUT2D eigenvalue weighted by Crippen LogP contribution is -2.47. The lowest BCUT2D eigenvalue weighted by Gasteiger charge is -2.30. The smallest absolute Gasteiger partial charge is 0.251 e. The molecule has 20 heavy (non-hydrogen) atoms. The molecule has 0 saturated carbocycles. The molecule has 0 aromatic heterocycles. The molecule has 0 N–H and O–H groups in total. The number of nitrogens with zero attached hydrogens (tertiary/aromatic N) is 2. The number of imide groups is 1. The van der Waals surface area contributed by atoms with Crippen LogP contribution in [0.15, 0.2) is 24.3 Å². The summed E-state index contributed by atoms with van der Waals surface area (Å²) in [5, 5.41) is 0. The largest absolute Gasteiger partial charge is 0.379 e. The van der Waals surface area contributed by atoms with Crippen LogP contribution in [0.4, 0.5) is 5.69 Å². The van der Waals surface area contributed by atoms with E-state index in [-0.39, 0.29) is 24.3 Å². The van der Waals surface area contributed by atoms with Gasteiger partial charge in [0.1, 0.15) is 0 Å². The van der Waals surface area contributed by atoms with Crippen molar-refractivity contribution in [1.82, 2.24) is 4.90 Å². The van der Waals surface area contributed by atoms with Crippen LogP contribution in [0.5, 0.6) is 0 Å². The van der Waals surface area contributed by atoms with Gasteiger partial charge >= 0.3 is 0 Å². The number of hydrogen-bond acceptors (Lipinski definition) is 4. The molecular weight excluding hydrogens is 256 g/mol. The minimum absolute atomic E-state index is 0.110. The standard InChI is InChI=1S/C15H18N2O3/c1-11-2-4-12(5-3-11)17-14(18)10-13(15(17)19)16-6-8-20-9-7-16/h2-5,13H,6-10H2,1H3. The molecule has 5 heteroatoms. The van der Waals surface area contributed by atoms with Crippen LogP contribution in [0.1, 0.15) is 12.0 Å². The predicted molar refractivity (Wildman–Crippen MR) is 74.5 cm³/mol. The van der Waals surface area contributed by atoms with Gasteiger partial charge < -0.3 is 4.74 Å². The number of morpholine rings is 1. The molecule has 0 spiro atoms. The fourth-order valence-corrected chi connectivity index (χ4v) is 2.76. The van der Waals surface area contributed by atoms with Gasteiger partial charge in [0.2, 0.25) is 5.91 Å². The third-order valence-corrected chi connectivity index (χ3v) is 3.90. The average molecular weight is 274 g/mol. The van der Waals surface area contributed by atoms with Gasteiger partial charge in [0.25, 0.3) is 5.91 Å². The van der Waals surface area contributed by atoms with E-state index in [0.717, 1.165) is 5.56 Å². The van der Waals surface area contributed by atoms with Gasteiger partial charge in [-0.3, -0.25) is 14.5 Å². The lowest BCUT2D eigenvalue weighted by atomic mass is 10.2. The van der Waals surface area contributed by atoms with E-state index in [9.17, 15) is 9.59 Å². The number of rotatable bonds is 2. The summed E-state index contributed by atoms with van der Waals surface area (Å²) >= 11 is 0. The summed E-state index contributed by atoms with van der Waals surface area (Å²) in [6, 6.07) is 7.16. The number of benzene rings is 1. The molecule has 2 amide bonds. The molecule has 0 bridgehead atoms. The number of aryl methyl sites for hydroxylation is 1. The molecule has 0 aliphatic carbocycles. The molecule has 3 rings (SSSR count). The van der Waals surface area contributed by atoms with E-state index >= 15 is 0 Å². The van der Waals surface area contributed by atoms with Crippen LogP contribution in [0.3, 0.4) is 0 Å². The van der Waals surface area contributed by atoms with Gasteiger partial charge in [-0.2, -0.15) is 0 Å². The van der Waals surface area contributed by atoms with Crippen molar-refractivity contribution in [3.63, 3.8) is 0 Å². The van der Waals surface area contributed by atoms with Crippen molar-refractivity contribution in [2.45, 2.75) is 19.4 Å². The monoisotopic (exact) mass is 274 g/mol. The van der Waals surface area contributed by atoms with E-state index in [1.54, 1.807) is 0 Å². The van der Waals surface area contributed by atoms with E-state index in [2.05, 4.69) is 4.90 Å². The maximum Gasteiger partial charge on any atom is 0.251 e. The maximum absolute atomic E-state index is 12.5. The van der Waals surface area contributed by atoms with Crippen molar-refractivity contribution in [2.24, 2.45) is 0 Å². The molecule has 1 atom stereocenters. The Morgan fingerprint density at radius 2 is 1.75 bits per heavy atom. The second kappa shape index (κ2) is 5.34. The summed E-state index contributed by atoms with van der Waals surface area (Å²) < 4.78 is 5.29. The second-order valence-electron chi connectivity index (χ2n) is 5.27. The van der Waals surface area contributed by atoms with E-state index in [1.807, 2.05) is 31.2 Å². The van der Waals surface area contributed by atoms with Gasteiger partial charge in [0.15, 0.2) is 0 Å². The summed E-state index contributed by atoms with van der Waals surface area (Å²) in [4.78, 5) is 28.1. The van der Waals surface area contributed by atoms with Gasteiger partial charge in [0.05, 0.1) is 31.4 Å². The lowest BCUT2D eigenvalue weighted by molar-refractivity contribution is -0.123. The van der Waals surface area contributed by atoms with E-state index < -0.39 is 0 Å². The Balaban J connectivity index is 1.81. The SMILES string of the molecule is Cc1ccc(N2C(=O)CC(N3CCOCC3)C2=O)cc1. The summed E-state index contributed by atoms with van der Waals surface area (Å²) in [7, 11) is 0. The van der Waals surface area contributed by atoms with Gasteiger partial charge in [-0.1, -0.05) is 17.7 Å². The normalized spacial score (nSPS) is 24.4. The number of ether oxygens (including phenoxy) is 1. The number of carbonyl (C=O) groups is 2. The Labute approximate surface area is 118 Å². The molecule has 2 aliphatic heterocycles. The third-order valence-electron chi connectivity index (χ3n) is 3.90. The molecule has 2 saturated heterocycles. The van der Waals surface area contributed by atoms with Crippen molar-refractivity contribution in [3.05, 3.63) is 29.8 Å². The molecule has 2 fully saturated rings. The number of hydrogen-bond donors (Lipinski definition) is 0. The highest BCUT2D eigenvalue weighted by Crippen LogP contribution is 2.26. The fourth-order valence-electron chi connectivity index (χ4n) is 2.76. The topological polar surface area (TPSA) is 49.9 Å². The van der Waals surface area contributed by atoms with Crippen LogP contribution in [0, 0.1) is 6.92 Å². The highest BCUT2D eigenvalue weighted by Gasteiger charge is 2.42. The third kappa shape index (κ3) is 2.34. The number of amides is 2. The molecule has 2 heterocycles. The predicted octanol–water partition coefficient (Wildman–Crippen LogP) is 0.959. The van der Waals surface area contributed by atoms with Crippen molar-refractivity contribution < 1.29 is 14.3 Å². The fraction of sp³-hybridized carbons (Fsp3) is 0.467. The summed E-state index contributed by atoms with van der Waals surface area (Å²) in [6.45, 7) is 4.66. The Bertz CT molecular complexity index is 520. The Kier molecular flexibility index (Phi) is 3.54. The van der Waals surface area contributed by atoms with Crippen LogP contribution in [-0.4, -0.2) is 49.1 Å². The molecule has 5 nitrogen and oxygen atoms in total. The maximum atomic E-state index is 12.5. The number of anilines is 1. The summed E-state index contributed by atoms with van der Waals surface area (Å²) in [5.41, 5.74) is 1.78. The zero-order chi connectivity index (χ0) is 14.1. The van der Waals surface area contributed by atoms with E-state index in [4.69, 9.17) is 4.74 Å². The van der Waals surface area contributed by atoms with Crippen LogP contribution in [0.25, 0.3) is 0 Å².